The van der Waals surface area contributed by atoms with Crippen LogP contribution in [-0.2, 0) is 0 Å². The average molecular weight is 176 g/mol. The molecule has 0 spiro atoms. The van der Waals surface area contributed by atoms with Gasteiger partial charge in [-0.25, -0.2) is 0 Å². The summed E-state index contributed by atoms with van der Waals surface area (Å²) >= 11 is 0. The summed E-state index contributed by atoms with van der Waals surface area (Å²) in [7, 11) is 0. The molecule has 1 aromatic rings. The van der Waals surface area contributed by atoms with Gasteiger partial charge >= 0.3 is 0 Å². The SMILES string of the molecule is C[C@H](C#N)NC(=O)c1ccnnc1. The van der Waals surface area contributed by atoms with Gasteiger partial charge in [-0.05, 0) is 13.0 Å². The Balaban J connectivity index is 2.66. The number of nitriles is 1. The maximum Gasteiger partial charge on any atom is 0.253 e. The van der Waals surface area contributed by atoms with E-state index in [0.717, 1.165) is 0 Å². The number of carbonyl (C=O) groups is 1. The van der Waals surface area contributed by atoms with Gasteiger partial charge in [-0.3, -0.25) is 4.79 Å². The van der Waals surface area contributed by atoms with Gasteiger partial charge in [0.15, 0.2) is 0 Å². The van der Waals surface area contributed by atoms with Gasteiger partial charge in [-0.15, -0.1) is 0 Å². The summed E-state index contributed by atoms with van der Waals surface area (Å²) in [5.41, 5.74) is 0.400. The molecule has 0 bridgehead atoms. The van der Waals surface area contributed by atoms with E-state index in [-0.39, 0.29) is 5.91 Å². The summed E-state index contributed by atoms with van der Waals surface area (Å²) in [6, 6.07) is 2.93. The van der Waals surface area contributed by atoms with Crippen LogP contribution in [0.3, 0.4) is 0 Å². The lowest BCUT2D eigenvalue weighted by Crippen LogP contribution is -2.31. The van der Waals surface area contributed by atoms with Gasteiger partial charge in [-0.2, -0.15) is 15.5 Å². The molecule has 1 atom stereocenters. The first-order chi connectivity index (χ1) is 6.24. The molecule has 0 aromatic carbocycles. The molecule has 0 saturated carbocycles. The van der Waals surface area contributed by atoms with E-state index < -0.39 is 6.04 Å². The largest absolute Gasteiger partial charge is 0.336 e. The molecular weight excluding hydrogens is 168 g/mol. The van der Waals surface area contributed by atoms with E-state index >= 15 is 0 Å². The Labute approximate surface area is 75.4 Å². The first-order valence-electron chi connectivity index (χ1n) is 3.71. The Bertz CT molecular complexity index is 330. The molecule has 5 nitrogen and oxygen atoms in total. The Hall–Kier alpha value is -1.96. The zero-order valence-corrected chi connectivity index (χ0v) is 7.06. The van der Waals surface area contributed by atoms with Crippen molar-refractivity contribution in [1.82, 2.24) is 15.5 Å². The first kappa shape index (κ1) is 9.13. The van der Waals surface area contributed by atoms with Crippen molar-refractivity contribution < 1.29 is 4.79 Å². The van der Waals surface area contributed by atoms with E-state index in [0.29, 0.717) is 5.56 Å². The molecule has 1 aromatic heterocycles. The lowest BCUT2D eigenvalue weighted by molar-refractivity contribution is 0.0947. The van der Waals surface area contributed by atoms with Crippen molar-refractivity contribution in [2.45, 2.75) is 13.0 Å². The second-order valence-corrected chi connectivity index (χ2v) is 2.46. The third-order valence-corrected chi connectivity index (χ3v) is 1.39. The third-order valence-electron chi connectivity index (χ3n) is 1.39. The van der Waals surface area contributed by atoms with Crippen LogP contribution in [0.15, 0.2) is 18.5 Å². The van der Waals surface area contributed by atoms with E-state index in [1.54, 1.807) is 6.92 Å². The van der Waals surface area contributed by atoms with Crippen LogP contribution < -0.4 is 5.32 Å². The Morgan fingerprint density at radius 2 is 2.46 bits per heavy atom. The molecule has 1 rings (SSSR count). The fourth-order valence-electron chi connectivity index (χ4n) is 0.737. The van der Waals surface area contributed by atoms with Crippen molar-refractivity contribution in [3.63, 3.8) is 0 Å². The second kappa shape index (κ2) is 4.16. The van der Waals surface area contributed by atoms with E-state index in [9.17, 15) is 4.79 Å². The van der Waals surface area contributed by atoms with Crippen molar-refractivity contribution >= 4 is 5.91 Å². The lowest BCUT2D eigenvalue weighted by atomic mass is 10.2. The Kier molecular flexibility index (Phi) is 2.92. The Morgan fingerprint density at radius 1 is 1.69 bits per heavy atom. The van der Waals surface area contributed by atoms with Crippen LogP contribution in [-0.4, -0.2) is 22.1 Å². The zero-order valence-electron chi connectivity index (χ0n) is 7.06. The minimum atomic E-state index is -0.499. The van der Waals surface area contributed by atoms with Crippen LogP contribution in [0.4, 0.5) is 0 Å². The van der Waals surface area contributed by atoms with Crippen LogP contribution in [0, 0.1) is 11.3 Å². The van der Waals surface area contributed by atoms with E-state index in [1.807, 2.05) is 6.07 Å². The summed E-state index contributed by atoms with van der Waals surface area (Å²) in [5.74, 6) is -0.316. The standard InChI is InChI=1S/C8H8N4O/c1-6(4-9)12-8(13)7-2-3-10-11-5-7/h2-3,5-6H,1H3,(H,12,13)/t6-/m1/s1. The molecule has 0 aliphatic carbocycles. The monoisotopic (exact) mass is 176 g/mol. The molecule has 0 fully saturated rings. The summed E-state index contributed by atoms with van der Waals surface area (Å²) in [6.45, 7) is 1.60. The van der Waals surface area contributed by atoms with Gasteiger partial charge in [0.05, 0.1) is 24.0 Å². The average Bonchev–Trinajstić information content (AvgIpc) is 2.19. The topological polar surface area (TPSA) is 78.7 Å². The second-order valence-electron chi connectivity index (χ2n) is 2.46. The molecular formula is C8H8N4O. The highest BCUT2D eigenvalue weighted by Crippen LogP contribution is 1.94. The van der Waals surface area contributed by atoms with Gasteiger partial charge in [0, 0.05) is 0 Å². The molecule has 0 saturated heterocycles. The first-order valence-corrected chi connectivity index (χ1v) is 3.71. The number of aromatic nitrogens is 2. The minimum Gasteiger partial charge on any atom is -0.336 e. The van der Waals surface area contributed by atoms with Crippen LogP contribution in [0.5, 0.6) is 0 Å². The van der Waals surface area contributed by atoms with Crippen LogP contribution in [0.2, 0.25) is 0 Å². The molecule has 66 valence electrons. The number of carbonyl (C=O) groups excluding carboxylic acids is 1. The number of amides is 1. The maximum absolute atomic E-state index is 11.3. The number of hydrogen-bond acceptors (Lipinski definition) is 4. The van der Waals surface area contributed by atoms with Gasteiger partial charge in [-0.1, -0.05) is 0 Å². The molecule has 0 radical (unpaired) electrons. The summed E-state index contributed by atoms with van der Waals surface area (Å²) < 4.78 is 0. The van der Waals surface area contributed by atoms with Crippen molar-refractivity contribution in [2.75, 3.05) is 0 Å². The smallest absolute Gasteiger partial charge is 0.253 e. The molecule has 0 aliphatic heterocycles. The lowest BCUT2D eigenvalue weighted by Gasteiger charge is -2.04. The van der Waals surface area contributed by atoms with Crippen LogP contribution in [0.25, 0.3) is 0 Å². The summed E-state index contributed by atoms with van der Waals surface area (Å²) in [6.07, 6.45) is 2.77. The van der Waals surface area contributed by atoms with Gasteiger partial charge in [0.25, 0.3) is 5.91 Å². The van der Waals surface area contributed by atoms with Gasteiger partial charge in [0.1, 0.15) is 6.04 Å². The van der Waals surface area contributed by atoms with Crippen LogP contribution >= 0.6 is 0 Å². The number of rotatable bonds is 2. The molecule has 1 heterocycles. The highest BCUT2D eigenvalue weighted by molar-refractivity contribution is 5.94. The molecule has 0 unspecified atom stereocenters. The van der Waals surface area contributed by atoms with Gasteiger partial charge in [0.2, 0.25) is 0 Å². The fourth-order valence-corrected chi connectivity index (χ4v) is 0.737. The number of nitrogens with zero attached hydrogens (tertiary/aromatic N) is 3. The van der Waals surface area contributed by atoms with Crippen molar-refractivity contribution in [3.05, 3.63) is 24.0 Å². The molecule has 13 heavy (non-hydrogen) atoms. The summed E-state index contributed by atoms with van der Waals surface area (Å²) in [5, 5.41) is 18.0. The predicted molar refractivity (Wildman–Crippen MR) is 44.6 cm³/mol. The van der Waals surface area contributed by atoms with Crippen molar-refractivity contribution in [1.29, 1.82) is 5.26 Å². The number of hydrogen-bond donors (Lipinski definition) is 1. The van der Waals surface area contributed by atoms with Crippen molar-refractivity contribution in [2.24, 2.45) is 0 Å². The normalized spacial score (nSPS) is 11.4. The highest BCUT2D eigenvalue weighted by atomic mass is 16.1. The summed E-state index contributed by atoms with van der Waals surface area (Å²) in [4.78, 5) is 11.3. The van der Waals surface area contributed by atoms with Crippen LogP contribution in [0.1, 0.15) is 17.3 Å². The van der Waals surface area contributed by atoms with Crippen molar-refractivity contribution in [3.8, 4) is 6.07 Å². The Morgan fingerprint density at radius 3 is 3.00 bits per heavy atom. The molecule has 0 aliphatic rings. The van der Waals surface area contributed by atoms with E-state index in [1.165, 1.54) is 18.5 Å². The quantitative estimate of drug-likeness (QED) is 0.694. The predicted octanol–water partition coefficient (Wildman–Crippen LogP) is 0.118. The molecule has 1 N–H and O–H groups in total. The zero-order chi connectivity index (χ0) is 9.68. The number of nitrogens with one attached hydrogen (secondary N) is 1. The van der Waals surface area contributed by atoms with Gasteiger partial charge < -0.3 is 5.32 Å². The third kappa shape index (κ3) is 2.52. The fraction of sp³-hybridized carbons (Fsp3) is 0.250. The molecule has 1 amide bonds. The maximum atomic E-state index is 11.3. The molecule has 5 heteroatoms. The van der Waals surface area contributed by atoms with E-state index in [2.05, 4.69) is 15.5 Å². The highest BCUT2D eigenvalue weighted by Gasteiger charge is 2.07. The minimum absolute atomic E-state index is 0.316. The van der Waals surface area contributed by atoms with E-state index in [4.69, 9.17) is 5.26 Å².